The summed E-state index contributed by atoms with van der Waals surface area (Å²) in [5, 5.41) is 5.19. The molecule has 0 N–H and O–H groups in total. The molecule has 0 aliphatic heterocycles. The number of hydrogen-bond donors (Lipinski definition) is 0. The summed E-state index contributed by atoms with van der Waals surface area (Å²) in [6.07, 6.45) is 0. The highest BCUT2D eigenvalue weighted by molar-refractivity contribution is 6.25. The summed E-state index contributed by atoms with van der Waals surface area (Å²) < 4.78 is 4.62. The van der Waals surface area contributed by atoms with Crippen LogP contribution in [0, 0.1) is 0 Å². The molecule has 5 aromatic carbocycles. The van der Waals surface area contributed by atoms with Gasteiger partial charge in [-0.3, -0.25) is 4.57 Å². The fourth-order valence-corrected chi connectivity index (χ4v) is 6.74. The molecule has 3 heteroatoms. The SMILES string of the molecule is Cn1c(-n2c3ccccc3c3c4c(c5ccccc5c32)-c2ccccc2C4(C)C)nc2ccccc21. The van der Waals surface area contributed by atoms with Crippen molar-refractivity contribution >= 4 is 43.6 Å². The number of fused-ring (bicyclic) bond motifs is 11. The summed E-state index contributed by atoms with van der Waals surface area (Å²) in [7, 11) is 2.13. The van der Waals surface area contributed by atoms with E-state index in [0.717, 1.165) is 17.0 Å². The van der Waals surface area contributed by atoms with Crippen LogP contribution in [0.15, 0.2) is 97.1 Å². The van der Waals surface area contributed by atoms with E-state index in [1.165, 1.54) is 54.8 Å². The lowest BCUT2D eigenvalue weighted by Gasteiger charge is -2.23. The largest absolute Gasteiger partial charge is 0.313 e. The Balaban J connectivity index is 1.68. The Morgan fingerprint density at radius 1 is 0.667 bits per heavy atom. The van der Waals surface area contributed by atoms with Crippen molar-refractivity contribution in [2.75, 3.05) is 0 Å². The van der Waals surface area contributed by atoms with E-state index in [-0.39, 0.29) is 5.41 Å². The smallest absolute Gasteiger partial charge is 0.215 e. The highest BCUT2D eigenvalue weighted by Gasteiger charge is 2.39. The molecule has 0 saturated heterocycles. The van der Waals surface area contributed by atoms with Gasteiger partial charge in [0, 0.05) is 28.6 Å². The van der Waals surface area contributed by atoms with Crippen LogP contribution in [0.25, 0.3) is 60.7 Å². The first kappa shape index (κ1) is 19.9. The number of nitrogens with zero attached hydrogens (tertiary/aromatic N) is 3. The van der Waals surface area contributed by atoms with E-state index in [4.69, 9.17) is 4.98 Å². The van der Waals surface area contributed by atoms with E-state index in [1.54, 1.807) is 0 Å². The molecule has 2 heterocycles. The van der Waals surface area contributed by atoms with E-state index in [0.29, 0.717) is 0 Å². The van der Waals surface area contributed by atoms with E-state index in [9.17, 15) is 0 Å². The van der Waals surface area contributed by atoms with Crippen molar-refractivity contribution in [3.63, 3.8) is 0 Å². The van der Waals surface area contributed by atoms with Gasteiger partial charge < -0.3 is 4.57 Å². The molecular weight excluding hydrogens is 438 g/mol. The first-order valence-electron chi connectivity index (χ1n) is 12.6. The maximum Gasteiger partial charge on any atom is 0.215 e. The first-order valence-corrected chi connectivity index (χ1v) is 12.6. The lowest BCUT2D eigenvalue weighted by Crippen LogP contribution is -2.15. The minimum atomic E-state index is -0.116. The molecule has 36 heavy (non-hydrogen) atoms. The molecule has 0 atom stereocenters. The van der Waals surface area contributed by atoms with Crippen molar-refractivity contribution in [2.24, 2.45) is 7.05 Å². The molecule has 3 nitrogen and oxygen atoms in total. The number of aromatic nitrogens is 3. The van der Waals surface area contributed by atoms with Gasteiger partial charge in [-0.05, 0) is 45.8 Å². The molecule has 2 aromatic heterocycles. The Bertz CT molecular complexity index is 2030. The van der Waals surface area contributed by atoms with Gasteiger partial charge in [-0.1, -0.05) is 92.7 Å². The number of para-hydroxylation sites is 3. The highest BCUT2D eigenvalue weighted by Crippen LogP contribution is 2.56. The predicted octanol–water partition coefficient (Wildman–Crippen LogP) is 8.13. The normalized spacial score (nSPS) is 14.2. The molecule has 0 fully saturated rings. The zero-order chi connectivity index (χ0) is 24.2. The van der Waals surface area contributed by atoms with Crippen LogP contribution in [0.2, 0.25) is 0 Å². The molecule has 0 spiro atoms. The quantitative estimate of drug-likeness (QED) is 0.241. The lowest BCUT2D eigenvalue weighted by molar-refractivity contribution is 0.667. The molecule has 0 amide bonds. The number of hydrogen-bond acceptors (Lipinski definition) is 1. The van der Waals surface area contributed by atoms with E-state index < -0.39 is 0 Å². The van der Waals surface area contributed by atoms with Crippen molar-refractivity contribution in [2.45, 2.75) is 19.3 Å². The number of aryl methyl sites for hydroxylation is 1. The molecule has 1 aliphatic carbocycles. The molecular formula is C33H25N3. The Labute approximate surface area is 209 Å². The van der Waals surface area contributed by atoms with Crippen LogP contribution in [-0.4, -0.2) is 14.1 Å². The Morgan fingerprint density at radius 2 is 1.31 bits per heavy atom. The third-order valence-electron chi connectivity index (χ3n) is 8.28. The van der Waals surface area contributed by atoms with Crippen LogP contribution < -0.4 is 0 Å². The van der Waals surface area contributed by atoms with Crippen LogP contribution >= 0.6 is 0 Å². The van der Waals surface area contributed by atoms with Gasteiger partial charge in [0.25, 0.3) is 0 Å². The summed E-state index contributed by atoms with van der Waals surface area (Å²) in [5.41, 5.74) is 10.0. The minimum absolute atomic E-state index is 0.116. The molecule has 0 saturated carbocycles. The third-order valence-corrected chi connectivity index (χ3v) is 8.28. The van der Waals surface area contributed by atoms with Crippen LogP contribution in [0.3, 0.4) is 0 Å². The maximum absolute atomic E-state index is 5.16. The van der Waals surface area contributed by atoms with Gasteiger partial charge in [-0.15, -0.1) is 0 Å². The highest BCUT2D eigenvalue weighted by atomic mass is 15.2. The number of benzene rings is 5. The molecule has 172 valence electrons. The number of imidazole rings is 1. The van der Waals surface area contributed by atoms with Crippen molar-refractivity contribution in [1.29, 1.82) is 0 Å². The zero-order valence-electron chi connectivity index (χ0n) is 20.6. The van der Waals surface area contributed by atoms with Gasteiger partial charge in [0.1, 0.15) is 0 Å². The van der Waals surface area contributed by atoms with Gasteiger partial charge in [0.2, 0.25) is 5.95 Å². The van der Waals surface area contributed by atoms with Gasteiger partial charge in [-0.2, -0.15) is 0 Å². The molecule has 1 aliphatic rings. The topological polar surface area (TPSA) is 22.8 Å². The predicted molar refractivity (Wildman–Crippen MR) is 150 cm³/mol. The molecule has 0 unspecified atom stereocenters. The van der Waals surface area contributed by atoms with Crippen molar-refractivity contribution in [1.82, 2.24) is 14.1 Å². The van der Waals surface area contributed by atoms with Crippen LogP contribution in [0.1, 0.15) is 25.0 Å². The van der Waals surface area contributed by atoms with Crippen molar-refractivity contribution in [3.05, 3.63) is 108 Å². The summed E-state index contributed by atoms with van der Waals surface area (Å²) in [6, 6.07) is 35.1. The standard InChI is InChI=1S/C33H25N3/c1-33(2)24-16-8-6-14-22(24)28-20-12-4-5-13-21(20)31-29(30(28)33)23-15-7-10-18-26(23)36(31)32-34-25-17-9-11-19-27(25)35(32)3/h4-19H,1-3H3. The molecule has 0 bridgehead atoms. The second kappa shape index (κ2) is 6.64. The summed E-state index contributed by atoms with van der Waals surface area (Å²) >= 11 is 0. The van der Waals surface area contributed by atoms with Crippen molar-refractivity contribution in [3.8, 4) is 17.1 Å². The van der Waals surface area contributed by atoms with Gasteiger partial charge in [0.15, 0.2) is 0 Å². The van der Waals surface area contributed by atoms with Crippen LogP contribution in [-0.2, 0) is 12.5 Å². The Hall–Kier alpha value is -4.37. The van der Waals surface area contributed by atoms with Crippen LogP contribution in [0.4, 0.5) is 0 Å². The second-order valence-corrected chi connectivity index (χ2v) is 10.5. The Morgan fingerprint density at radius 3 is 2.11 bits per heavy atom. The monoisotopic (exact) mass is 463 g/mol. The van der Waals surface area contributed by atoms with Gasteiger partial charge in [0.05, 0.1) is 22.1 Å². The third kappa shape index (κ3) is 2.26. The fraction of sp³-hybridized carbons (Fsp3) is 0.121. The van der Waals surface area contributed by atoms with Gasteiger partial charge >= 0.3 is 0 Å². The molecule has 7 aromatic rings. The maximum atomic E-state index is 5.16. The minimum Gasteiger partial charge on any atom is -0.313 e. The average Bonchev–Trinajstić information content (AvgIpc) is 3.50. The molecule has 0 radical (unpaired) electrons. The average molecular weight is 464 g/mol. The van der Waals surface area contributed by atoms with Crippen molar-refractivity contribution < 1.29 is 0 Å². The first-order chi connectivity index (χ1) is 17.6. The lowest BCUT2D eigenvalue weighted by atomic mass is 9.79. The Kier molecular flexibility index (Phi) is 3.67. The number of rotatable bonds is 1. The second-order valence-electron chi connectivity index (χ2n) is 10.5. The van der Waals surface area contributed by atoms with Crippen LogP contribution in [0.5, 0.6) is 0 Å². The fourth-order valence-electron chi connectivity index (χ4n) is 6.74. The molecule has 8 rings (SSSR count). The van der Waals surface area contributed by atoms with E-state index in [1.807, 2.05) is 0 Å². The zero-order valence-corrected chi connectivity index (χ0v) is 20.6. The summed E-state index contributed by atoms with van der Waals surface area (Å²) in [5.74, 6) is 0.945. The summed E-state index contributed by atoms with van der Waals surface area (Å²) in [6.45, 7) is 4.76. The summed E-state index contributed by atoms with van der Waals surface area (Å²) in [4.78, 5) is 5.16. The van der Waals surface area contributed by atoms with E-state index >= 15 is 0 Å². The van der Waals surface area contributed by atoms with Gasteiger partial charge in [-0.25, -0.2) is 4.98 Å². The van der Waals surface area contributed by atoms with E-state index in [2.05, 4.69) is 127 Å².